The lowest BCUT2D eigenvalue weighted by atomic mass is 10.3. The van der Waals surface area contributed by atoms with Gasteiger partial charge in [0, 0.05) is 14.2 Å². The summed E-state index contributed by atoms with van der Waals surface area (Å²) in [5, 5.41) is 0.234. The van der Waals surface area contributed by atoms with Crippen LogP contribution in [0.2, 0.25) is 0 Å². The number of carbonyl (C=O) groups excluding carboxylic acids is 1. The van der Waals surface area contributed by atoms with E-state index >= 15 is 0 Å². The number of esters is 1. The molecule has 0 aromatic heterocycles. The number of hydrogen-bond acceptors (Lipinski definition) is 7. The van der Waals surface area contributed by atoms with Gasteiger partial charge in [0.1, 0.15) is 5.66 Å². The van der Waals surface area contributed by atoms with Crippen molar-refractivity contribution in [2.75, 3.05) is 27.4 Å². The van der Waals surface area contributed by atoms with Crippen LogP contribution in [0.4, 0.5) is 0 Å². The fraction of sp³-hybridized carbons (Fsp3) is 0.800. The van der Waals surface area contributed by atoms with Gasteiger partial charge in [-0.1, -0.05) is 0 Å². The molecule has 0 amide bonds. The first-order valence-corrected chi connectivity index (χ1v) is 8.60. The SMILES string of the molecule is CCOC(=O)CC(C(=S)OCC)P(=S)(OC)OC. The molecular weight excluding hydrogens is 295 g/mol. The second kappa shape index (κ2) is 8.93. The zero-order valence-corrected chi connectivity index (χ0v) is 13.5. The Morgan fingerprint density at radius 1 is 1.17 bits per heavy atom. The van der Waals surface area contributed by atoms with Crippen LogP contribution in [-0.4, -0.2) is 44.1 Å². The molecule has 0 bridgehead atoms. The molecule has 0 N–H and O–H groups in total. The molecule has 1 unspecified atom stereocenters. The van der Waals surface area contributed by atoms with Crippen LogP contribution in [0.1, 0.15) is 20.3 Å². The predicted octanol–water partition coefficient (Wildman–Crippen LogP) is 2.27. The summed E-state index contributed by atoms with van der Waals surface area (Å²) < 4.78 is 20.6. The molecule has 0 aliphatic heterocycles. The number of thiocarbonyl (C=S) groups is 1. The Morgan fingerprint density at radius 2 is 1.67 bits per heavy atom. The summed E-state index contributed by atoms with van der Waals surface area (Å²) in [7, 11) is 2.88. The van der Waals surface area contributed by atoms with Gasteiger partial charge in [0.2, 0.25) is 0 Å². The van der Waals surface area contributed by atoms with Crippen LogP contribution >= 0.6 is 18.7 Å². The van der Waals surface area contributed by atoms with E-state index in [0.29, 0.717) is 13.2 Å². The summed E-state index contributed by atoms with van der Waals surface area (Å²) in [5.74, 6) is -0.395. The summed E-state index contributed by atoms with van der Waals surface area (Å²) in [6, 6.07) is 0. The van der Waals surface area contributed by atoms with E-state index in [1.807, 2.05) is 0 Å². The maximum absolute atomic E-state index is 11.6. The van der Waals surface area contributed by atoms with Crippen LogP contribution < -0.4 is 0 Å². The van der Waals surface area contributed by atoms with Crippen molar-refractivity contribution in [3.8, 4) is 0 Å². The summed E-state index contributed by atoms with van der Waals surface area (Å²) in [6.45, 7) is 1.55. The van der Waals surface area contributed by atoms with Crippen LogP contribution in [0.5, 0.6) is 0 Å². The fourth-order valence-corrected chi connectivity index (χ4v) is 3.96. The Labute approximate surface area is 118 Å². The maximum atomic E-state index is 11.6. The lowest BCUT2D eigenvalue weighted by Crippen LogP contribution is -2.27. The van der Waals surface area contributed by atoms with E-state index < -0.39 is 18.1 Å². The predicted molar refractivity (Wildman–Crippen MR) is 77.6 cm³/mol. The van der Waals surface area contributed by atoms with Crippen molar-refractivity contribution in [1.29, 1.82) is 0 Å². The van der Waals surface area contributed by atoms with Crippen molar-refractivity contribution in [2.45, 2.75) is 25.9 Å². The average molecular weight is 314 g/mol. The molecule has 0 saturated heterocycles. The highest BCUT2D eigenvalue weighted by atomic mass is 32.5. The summed E-state index contributed by atoms with van der Waals surface area (Å²) >= 11 is 10.4. The minimum atomic E-state index is -2.69. The van der Waals surface area contributed by atoms with Gasteiger partial charge < -0.3 is 18.5 Å². The molecule has 8 heteroatoms. The van der Waals surface area contributed by atoms with Crippen molar-refractivity contribution in [3.63, 3.8) is 0 Å². The lowest BCUT2D eigenvalue weighted by Gasteiger charge is -2.27. The van der Waals surface area contributed by atoms with Gasteiger partial charge >= 0.3 is 5.97 Å². The summed E-state index contributed by atoms with van der Waals surface area (Å²) in [6.07, 6.45) is 0.00559. The molecule has 0 heterocycles. The second-order valence-corrected chi connectivity index (χ2v) is 7.54. The molecule has 5 nitrogen and oxygen atoms in total. The third-order valence-electron chi connectivity index (χ3n) is 2.11. The van der Waals surface area contributed by atoms with Crippen molar-refractivity contribution in [1.82, 2.24) is 0 Å². The van der Waals surface area contributed by atoms with Crippen molar-refractivity contribution in [3.05, 3.63) is 0 Å². The summed E-state index contributed by atoms with van der Waals surface area (Å²) in [4.78, 5) is 11.6. The van der Waals surface area contributed by atoms with E-state index in [1.54, 1.807) is 13.8 Å². The largest absolute Gasteiger partial charge is 0.486 e. The normalized spacial score (nSPS) is 12.9. The van der Waals surface area contributed by atoms with E-state index in [1.165, 1.54) is 14.2 Å². The molecule has 0 aromatic carbocycles. The monoisotopic (exact) mass is 314 g/mol. The minimum Gasteiger partial charge on any atom is -0.486 e. The van der Waals surface area contributed by atoms with E-state index in [-0.39, 0.29) is 11.5 Å². The van der Waals surface area contributed by atoms with Crippen LogP contribution in [0.15, 0.2) is 0 Å². The molecule has 0 fully saturated rings. The first-order valence-electron chi connectivity index (χ1n) is 5.48. The van der Waals surface area contributed by atoms with E-state index in [2.05, 4.69) is 0 Å². The molecule has 1 atom stereocenters. The smallest absolute Gasteiger partial charge is 0.307 e. The van der Waals surface area contributed by atoms with Gasteiger partial charge in [-0.05, 0) is 37.9 Å². The number of hydrogen-bond donors (Lipinski definition) is 0. The molecular formula is C10H19O5PS2. The number of carbonyl (C=O) groups is 1. The highest BCUT2D eigenvalue weighted by Crippen LogP contribution is 2.54. The quantitative estimate of drug-likeness (QED) is 0.387. The third kappa shape index (κ3) is 5.28. The molecule has 0 spiro atoms. The average Bonchev–Trinajstić information content (AvgIpc) is 2.35. The van der Waals surface area contributed by atoms with Crippen LogP contribution in [0.25, 0.3) is 0 Å². The molecule has 0 aromatic rings. The van der Waals surface area contributed by atoms with Gasteiger partial charge in [-0.3, -0.25) is 4.79 Å². The number of ether oxygens (including phenoxy) is 2. The van der Waals surface area contributed by atoms with Gasteiger partial charge in [0.15, 0.2) is 11.5 Å². The van der Waals surface area contributed by atoms with Crippen LogP contribution in [0, 0.1) is 0 Å². The van der Waals surface area contributed by atoms with Crippen LogP contribution in [-0.2, 0) is 35.1 Å². The topological polar surface area (TPSA) is 54.0 Å². The van der Waals surface area contributed by atoms with E-state index in [9.17, 15) is 4.79 Å². The molecule has 18 heavy (non-hydrogen) atoms. The molecule has 0 saturated carbocycles. The highest BCUT2D eigenvalue weighted by molar-refractivity contribution is 8.11. The van der Waals surface area contributed by atoms with Crippen LogP contribution in [0.3, 0.4) is 0 Å². The van der Waals surface area contributed by atoms with Gasteiger partial charge in [-0.15, -0.1) is 0 Å². The van der Waals surface area contributed by atoms with E-state index in [0.717, 1.165) is 0 Å². The zero-order chi connectivity index (χ0) is 14.2. The van der Waals surface area contributed by atoms with Gasteiger partial charge in [-0.2, -0.15) is 0 Å². The van der Waals surface area contributed by atoms with Gasteiger partial charge in [0.25, 0.3) is 0 Å². The first kappa shape index (κ1) is 17.9. The molecule has 0 rings (SSSR count). The molecule has 0 aliphatic carbocycles. The number of rotatable bonds is 8. The second-order valence-electron chi connectivity index (χ2n) is 3.18. The van der Waals surface area contributed by atoms with Gasteiger partial charge in [-0.25, -0.2) is 0 Å². The van der Waals surface area contributed by atoms with E-state index in [4.69, 9.17) is 42.5 Å². The highest BCUT2D eigenvalue weighted by Gasteiger charge is 2.36. The Hall–Kier alpha value is -0.0700. The molecule has 0 radical (unpaired) electrons. The standard InChI is InChI=1S/C10H19O5PS2/c1-5-14-9(11)7-8(10(17)15-6-2)16(18,12-3)13-4/h8H,5-7H2,1-4H3. The van der Waals surface area contributed by atoms with Crippen molar-refractivity contribution in [2.24, 2.45) is 0 Å². The fourth-order valence-electron chi connectivity index (χ4n) is 1.27. The molecule has 106 valence electrons. The third-order valence-corrected chi connectivity index (χ3v) is 6.55. The molecule has 0 aliphatic rings. The van der Waals surface area contributed by atoms with Crippen molar-refractivity contribution < 1.29 is 23.3 Å². The summed E-state index contributed by atoms with van der Waals surface area (Å²) in [5.41, 5.74) is -0.573. The Morgan fingerprint density at radius 3 is 2.06 bits per heavy atom. The van der Waals surface area contributed by atoms with Gasteiger partial charge in [0.05, 0.1) is 19.6 Å². The minimum absolute atomic E-state index is 0.00559. The Bertz CT molecular complexity index is 326. The van der Waals surface area contributed by atoms with Crippen molar-refractivity contribution >= 4 is 41.5 Å². The first-order chi connectivity index (χ1) is 8.45. The maximum Gasteiger partial charge on any atom is 0.307 e. The Balaban J connectivity index is 4.99. The lowest BCUT2D eigenvalue weighted by molar-refractivity contribution is -0.142. The zero-order valence-electron chi connectivity index (χ0n) is 11.0. The Kier molecular flexibility index (Phi) is 8.90.